The Morgan fingerprint density at radius 2 is 2.23 bits per heavy atom. The summed E-state index contributed by atoms with van der Waals surface area (Å²) in [7, 11) is 0. The summed E-state index contributed by atoms with van der Waals surface area (Å²) in [6, 6.07) is 0. The summed E-state index contributed by atoms with van der Waals surface area (Å²) < 4.78 is 0. The van der Waals surface area contributed by atoms with Crippen LogP contribution in [0.3, 0.4) is 0 Å². The summed E-state index contributed by atoms with van der Waals surface area (Å²) in [6.07, 6.45) is 2.84. The van der Waals surface area contributed by atoms with Crippen LogP contribution in [0.5, 0.6) is 0 Å². The average molecular weight is 204 g/mol. The Bertz CT molecular complexity index is 142. The topological polar surface area (TPSA) is 70.1 Å². The first-order valence-corrected chi connectivity index (χ1v) is 5.83. The number of amidine groups is 1. The number of aliphatic hydroxyl groups excluding tert-OH is 1. The van der Waals surface area contributed by atoms with Crippen LogP contribution in [-0.2, 0) is 0 Å². The van der Waals surface area contributed by atoms with Crippen molar-refractivity contribution in [2.24, 2.45) is 11.7 Å². The van der Waals surface area contributed by atoms with E-state index in [1.165, 1.54) is 0 Å². The van der Waals surface area contributed by atoms with Gasteiger partial charge in [-0.1, -0.05) is 6.92 Å². The van der Waals surface area contributed by atoms with E-state index in [0.29, 0.717) is 5.92 Å². The van der Waals surface area contributed by atoms with E-state index in [1.807, 2.05) is 18.7 Å². The lowest BCUT2D eigenvalue weighted by atomic mass is 10.2. The van der Waals surface area contributed by atoms with Gasteiger partial charge in [-0.3, -0.25) is 5.41 Å². The largest absolute Gasteiger partial charge is 0.396 e. The van der Waals surface area contributed by atoms with Gasteiger partial charge in [0.05, 0.1) is 5.84 Å². The standard InChI is InChI=1S/C9H20N2OS/c1-8(6-12)7-13-5-3-2-4-9(10)11/h8,12H,2-7H2,1H3,(H3,10,11). The van der Waals surface area contributed by atoms with Crippen LogP contribution in [0.1, 0.15) is 26.2 Å². The number of aliphatic hydroxyl groups is 1. The molecule has 0 saturated carbocycles. The van der Waals surface area contributed by atoms with Crippen LogP contribution in [-0.4, -0.2) is 29.1 Å². The third kappa shape index (κ3) is 9.70. The average Bonchev–Trinajstić information content (AvgIpc) is 2.10. The van der Waals surface area contributed by atoms with Crippen molar-refractivity contribution in [2.45, 2.75) is 26.2 Å². The van der Waals surface area contributed by atoms with E-state index in [-0.39, 0.29) is 12.4 Å². The zero-order valence-electron chi connectivity index (χ0n) is 8.25. The normalized spacial score (nSPS) is 12.8. The quantitative estimate of drug-likeness (QED) is 0.318. The van der Waals surface area contributed by atoms with Gasteiger partial charge in [0.15, 0.2) is 0 Å². The van der Waals surface area contributed by atoms with Crippen molar-refractivity contribution in [2.75, 3.05) is 18.1 Å². The Balaban J connectivity index is 3.04. The molecule has 0 radical (unpaired) electrons. The van der Waals surface area contributed by atoms with Crippen molar-refractivity contribution in [1.29, 1.82) is 5.41 Å². The molecule has 0 amide bonds. The zero-order valence-corrected chi connectivity index (χ0v) is 9.07. The molecule has 0 heterocycles. The number of thioether (sulfide) groups is 1. The fourth-order valence-electron chi connectivity index (χ4n) is 0.857. The van der Waals surface area contributed by atoms with E-state index < -0.39 is 0 Å². The summed E-state index contributed by atoms with van der Waals surface area (Å²) in [4.78, 5) is 0. The Labute approximate surface area is 84.6 Å². The molecule has 0 bridgehead atoms. The SMILES string of the molecule is CC(CO)CSCCCCC(=N)N. The summed E-state index contributed by atoms with van der Waals surface area (Å²) >= 11 is 1.87. The smallest absolute Gasteiger partial charge is 0.0905 e. The molecule has 1 atom stereocenters. The summed E-state index contributed by atoms with van der Waals surface area (Å²) in [6.45, 7) is 2.32. The van der Waals surface area contributed by atoms with Crippen molar-refractivity contribution in [1.82, 2.24) is 0 Å². The fourth-order valence-corrected chi connectivity index (χ4v) is 1.94. The maximum absolute atomic E-state index is 8.75. The van der Waals surface area contributed by atoms with E-state index in [4.69, 9.17) is 16.2 Å². The van der Waals surface area contributed by atoms with Crippen LogP contribution in [0, 0.1) is 11.3 Å². The van der Waals surface area contributed by atoms with Gasteiger partial charge in [-0.05, 0) is 30.3 Å². The van der Waals surface area contributed by atoms with Crippen molar-refractivity contribution in [3.63, 3.8) is 0 Å². The number of nitrogens with two attached hydrogens (primary N) is 1. The highest BCUT2D eigenvalue weighted by Crippen LogP contribution is 2.10. The lowest BCUT2D eigenvalue weighted by Crippen LogP contribution is -2.08. The molecule has 0 aromatic carbocycles. The van der Waals surface area contributed by atoms with Crippen LogP contribution in [0.25, 0.3) is 0 Å². The molecule has 0 saturated heterocycles. The number of hydrogen-bond acceptors (Lipinski definition) is 3. The van der Waals surface area contributed by atoms with Crippen LogP contribution >= 0.6 is 11.8 Å². The first-order valence-electron chi connectivity index (χ1n) is 4.68. The van der Waals surface area contributed by atoms with Gasteiger partial charge >= 0.3 is 0 Å². The maximum Gasteiger partial charge on any atom is 0.0905 e. The molecule has 0 aliphatic rings. The Morgan fingerprint density at radius 1 is 1.54 bits per heavy atom. The van der Waals surface area contributed by atoms with E-state index >= 15 is 0 Å². The predicted molar refractivity (Wildman–Crippen MR) is 59.3 cm³/mol. The minimum absolute atomic E-state index is 0.278. The van der Waals surface area contributed by atoms with Crippen LogP contribution < -0.4 is 5.73 Å². The molecule has 0 spiro atoms. The molecular formula is C9H20N2OS. The highest BCUT2D eigenvalue weighted by Gasteiger charge is 1.99. The fraction of sp³-hybridized carbons (Fsp3) is 0.889. The maximum atomic E-state index is 8.75. The predicted octanol–water partition coefficient (Wildman–Crippen LogP) is 1.45. The van der Waals surface area contributed by atoms with E-state index in [2.05, 4.69) is 0 Å². The lowest BCUT2D eigenvalue weighted by molar-refractivity contribution is 0.250. The van der Waals surface area contributed by atoms with Gasteiger partial charge in [0.25, 0.3) is 0 Å². The van der Waals surface area contributed by atoms with Crippen LogP contribution in [0.15, 0.2) is 0 Å². The second kappa shape index (κ2) is 8.38. The van der Waals surface area contributed by atoms with Gasteiger partial charge in [-0.25, -0.2) is 0 Å². The van der Waals surface area contributed by atoms with Gasteiger partial charge in [0, 0.05) is 13.0 Å². The van der Waals surface area contributed by atoms with Crippen LogP contribution in [0.4, 0.5) is 0 Å². The molecule has 0 rings (SSSR count). The van der Waals surface area contributed by atoms with Crippen molar-refractivity contribution in [3.8, 4) is 0 Å². The van der Waals surface area contributed by atoms with Crippen molar-refractivity contribution < 1.29 is 5.11 Å². The molecule has 0 fully saturated rings. The molecule has 0 aromatic heterocycles. The van der Waals surface area contributed by atoms with Crippen molar-refractivity contribution in [3.05, 3.63) is 0 Å². The molecule has 0 aliphatic carbocycles. The third-order valence-electron chi connectivity index (χ3n) is 1.70. The summed E-state index contributed by atoms with van der Waals surface area (Å²) in [5.74, 6) is 2.82. The second-order valence-electron chi connectivity index (χ2n) is 3.35. The molecule has 0 aromatic rings. The molecule has 3 nitrogen and oxygen atoms in total. The van der Waals surface area contributed by atoms with Gasteiger partial charge in [0.2, 0.25) is 0 Å². The third-order valence-corrected chi connectivity index (χ3v) is 3.08. The van der Waals surface area contributed by atoms with Crippen LogP contribution in [0.2, 0.25) is 0 Å². The summed E-state index contributed by atoms with van der Waals surface area (Å²) in [5.41, 5.74) is 5.22. The Kier molecular flexibility index (Phi) is 8.24. The first-order chi connectivity index (χ1) is 6.16. The molecular weight excluding hydrogens is 184 g/mol. The molecule has 13 heavy (non-hydrogen) atoms. The Morgan fingerprint density at radius 3 is 2.77 bits per heavy atom. The van der Waals surface area contributed by atoms with Gasteiger partial charge in [-0.15, -0.1) is 0 Å². The highest BCUT2D eigenvalue weighted by molar-refractivity contribution is 7.99. The van der Waals surface area contributed by atoms with Crippen molar-refractivity contribution >= 4 is 17.6 Å². The molecule has 0 aliphatic heterocycles. The lowest BCUT2D eigenvalue weighted by Gasteiger charge is -2.06. The Hall–Kier alpha value is -0.220. The van der Waals surface area contributed by atoms with Gasteiger partial charge < -0.3 is 10.8 Å². The van der Waals surface area contributed by atoms with Gasteiger partial charge in [-0.2, -0.15) is 11.8 Å². The molecule has 4 heteroatoms. The second-order valence-corrected chi connectivity index (χ2v) is 4.49. The van der Waals surface area contributed by atoms with E-state index in [0.717, 1.165) is 30.8 Å². The molecule has 1 unspecified atom stereocenters. The minimum Gasteiger partial charge on any atom is -0.396 e. The number of unbranched alkanes of at least 4 members (excludes halogenated alkanes) is 1. The highest BCUT2D eigenvalue weighted by atomic mass is 32.2. The number of rotatable bonds is 8. The van der Waals surface area contributed by atoms with E-state index in [1.54, 1.807) is 0 Å². The summed E-state index contributed by atoms with van der Waals surface area (Å²) in [5, 5.41) is 15.8. The number of hydrogen-bond donors (Lipinski definition) is 3. The number of nitrogens with one attached hydrogen (secondary N) is 1. The van der Waals surface area contributed by atoms with E-state index in [9.17, 15) is 0 Å². The first kappa shape index (κ1) is 12.8. The van der Waals surface area contributed by atoms with Gasteiger partial charge in [0.1, 0.15) is 0 Å². The molecule has 78 valence electrons. The zero-order chi connectivity index (χ0) is 10.1. The molecule has 4 N–H and O–H groups in total. The minimum atomic E-state index is 0.278. The monoisotopic (exact) mass is 204 g/mol.